The lowest BCUT2D eigenvalue weighted by molar-refractivity contribution is -0.116. The van der Waals surface area contributed by atoms with E-state index < -0.39 is 17.1 Å². The quantitative estimate of drug-likeness (QED) is 0.0779. The fraction of sp³-hybridized carbons (Fsp3) is 0.0233. The van der Waals surface area contributed by atoms with Crippen LogP contribution in [0, 0.1) is 11.3 Å². The van der Waals surface area contributed by atoms with Crippen molar-refractivity contribution in [2.75, 3.05) is 10.6 Å². The number of carbonyl (C=O) groups is 3. The van der Waals surface area contributed by atoms with Gasteiger partial charge in [0.15, 0.2) is 0 Å². The van der Waals surface area contributed by atoms with E-state index in [2.05, 4.69) is 27.0 Å². The molecular weight excluding hydrogens is 699 g/mol. The fourth-order valence-corrected chi connectivity index (χ4v) is 7.77. The first kappa shape index (κ1) is 34.8. The lowest BCUT2D eigenvalue weighted by atomic mass is 10.1. The Kier molecular flexibility index (Phi) is 10.6. The summed E-state index contributed by atoms with van der Waals surface area (Å²) in [5, 5.41) is 21.4. The van der Waals surface area contributed by atoms with Crippen molar-refractivity contribution in [3.05, 3.63) is 179 Å². The molecule has 0 saturated carbocycles. The monoisotopic (exact) mass is 729 g/mol. The molecule has 0 aliphatic rings. The summed E-state index contributed by atoms with van der Waals surface area (Å²) in [6.45, 7) is 0. The van der Waals surface area contributed by atoms with E-state index >= 15 is 0 Å². The molecule has 0 aliphatic carbocycles. The lowest BCUT2D eigenvalue weighted by Gasteiger charge is -2.17. The molecule has 0 bridgehead atoms. The first-order valence-corrected chi connectivity index (χ1v) is 18.4. The standard InChI is InChI=1S/C43H31N5O3S2/c44-25-35-36(28-13-4-1-5-14-28)27-52-43(35)48-42(51)39(29-15-6-2-7-16-29)53-33-20-12-19-32(24-33)46-41(50)38(47-40(49)30-17-8-3-9-18-30)23-31-26-45-37-22-11-10-21-34(31)37/h1-24,26-27,39,45H,(H,46,50)(H,47,49)(H,48,51)/b38-23-. The topological polar surface area (TPSA) is 127 Å². The number of aromatic amines is 1. The SMILES string of the molecule is N#Cc1c(-c2ccccc2)csc1NC(=O)C(Sc1cccc(NC(=O)/C(=C/c2c[nH]c3ccccc23)NC(=O)c2ccccc2)c1)c1ccccc1. The predicted molar refractivity (Wildman–Crippen MR) is 213 cm³/mol. The Balaban J connectivity index is 1.14. The Bertz CT molecular complexity index is 2490. The van der Waals surface area contributed by atoms with Gasteiger partial charge < -0.3 is 20.9 Å². The number of amides is 3. The van der Waals surface area contributed by atoms with Crippen LogP contribution in [-0.4, -0.2) is 22.7 Å². The maximum absolute atomic E-state index is 14.0. The number of thioether (sulfide) groups is 1. The molecule has 7 rings (SSSR count). The summed E-state index contributed by atoms with van der Waals surface area (Å²) in [6.07, 6.45) is 3.43. The number of anilines is 2. The summed E-state index contributed by atoms with van der Waals surface area (Å²) in [5.74, 6) is -1.23. The average molecular weight is 730 g/mol. The van der Waals surface area contributed by atoms with Gasteiger partial charge in [-0.15, -0.1) is 23.1 Å². The molecule has 10 heteroatoms. The highest BCUT2D eigenvalue weighted by Gasteiger charge is 2.25. The lowest BCUT2D eigenvalue weighted by Crippen LogP contribution is -2.30. The minimum atomic E-state index is -0.682. The van der Waals surface area contributed by atoms with Crippen molar-refractivity contribution in [2.45, 2.75) is 10.1 Å². The van der Waals surface area contributed by atoms with Gasteiger partial charge in [0.25, 0.3) is 11.8 Å². The van der Waals surface area contributed by atoms with Crippen molar-refractivity contribution in [3.63, 3.8) is 0 Å². The van der Waals surface area contributed by atoms with E-state index in [1.807, 2.05) is 102 Å². The first-order chi connectivity index (χ1) is 26.0. The minimum absolute atomic E-state index is 0.0577. The summed E-state index contributed by atoms with van der Waals surface area (Å²) >= 11 is 2.63. The van der Waals surface area contributed by atoms with Crippen molar-refractivity contribution < 1.29 is 14.4 Å². The van der Waals surface area contributed by atoms with E-state index in [4.69, 9.17) is 0 Å². The van der Waals surface area contributed by atoms with Crippen molar-refractivity contribution in [1.29, 1.82) is 5.26 Å². The van der Waals surface area contributed by atoms with Gasteiger partial charge >= 0.3 is 0 Å². The number of nitrogens with one attached hydrogen (secondary N) is 4. The van der Waals surface area contributed by atoms with E-state index in [0.29, 0.717) is 21.8 Å². The van der Waals surface area contributed by atoms with Crippen LogP contribution in [0.15, 0.2) is 162 Å². The molecule has 1 atom stereocenters. The minimum Gasteiger partial charge on any atom is -0.361 e. The number of nitrogens with zero attached hydrogens (tertiary/aromatic N) is 1. The number of thiophene rings is 1. The summed E-state index contributed by atoms with van der Waals surface area (Å²) in [5.41, 5.74) is 5.42. The van der Waals surface area contributed by atoms with Crippen molar-refractivity contribution >= 4 is 68.5 Å². The van der Waals surface area contributed by atoms with Crippen molar-refractivity contribution in [1.82, 2.24) is 10.3 Å². The number of fused-ring (bicyclic) bond motifs is 1. The third-order valence-corrected chi connectivity index (χ3v) is 10.5. The Hall–Kier alpha value is -6.67. The van der Waals surface area contributed by atoms with Gasteiger partial charge in [-0.25, -0.2) is 0 Å². The number of carbonyl (C=O) groups excluding carboxylic acids is 3. The fourth-order valence-electron chi connectivity index (χ4n) is 5.76. The number of para-hydroxylation sites is 1. The molecule has 8 nitrogen and oxygen atoms in total. The van der Waals surface area contributed by atoms with Crippen LogP contribution in [0.25, 0.3) is 28.1 Å². The molecule has 0 aliphatic heterocycles. The second-order valence-electron chi connectivity index (χ2n) is 11.9. The molecule has 1 unspecified atom stereocenters. The zero-order valence-corrected chi connectivity index (χ0v) is 29.7. The molecule has 5 aromatic carbocycles. The van der Waals surface area contributed by atoms with E-state index in [1.54, 1.807) is 54.7 Å². The zero-order valence-electron chi connectivity index (χ0n) is 28.1. The Morgan fingerprint density at radius 2 is 1.49 bits per heavy atom. The maximum Gasteiger partial charge on any atom is 0.272 e. The summed E-state index contributed by atoms with van der Waals surface area (Å²) < 4.78 is 0. The molecule has 4 N–H and O–H groups in total. The second-order valence-corrected chi connectivity index (χ2v) is 13.9. The molecule has 53 heavy (non-hydrogen) atoms. The van der Waals surface area contributed by atoms with E-state index in [0.717, 1.165) is 38.1 Å². The number of aromatic nitrogens is 1. The zero-order chi connectivity index (χ0) is 36.6. The highest BCUT2D eigenvalue weighted by molar-refractivity contribution is 8.00. The molecule has 2 aromatic heterocycles. The molecular formula is C43H31N5O3S2. The molecule has 0 fully saturated rings. The molecule has 0 spiro atoms. The van der Waals surface area contributed by atoms with Gasteiger partial charge in [-0.2, -0.15) is 5.26 Å². The molecule has 258 valence electrons. The van der Waals surface area contributed by atoms with Crippen LogP contribution in [-0.2, 0) is 9.59 Å². The van der Waals surface area contributed by atoms with Gasteiger partial charge in [0, 0.05) is 49.8 Å². The van der Waals surface area contributed by atoms with Crippen LogP contribution < -0.4 is 16.0 Å². The van der Waals surface area contributed by atoms with Gasteiger partial charge in [-0.1, -0.05) is 103 Å². The van der Waals surface area contributed by atoms with E-state index in [-0.39, 0.29) is 11.6 Å². The Morgan fingerprint density at radius 1 is 0.792 bits per heavy atom. The van der Waals surface area contributed by atoms with Crippen LogP contribution in [0.1, 0.15) is 32.3 Å². The van der Waals surface area contributed by atoms with Crippen molar-refractivity contribution in [2.24, 2.45) is 0 Å². The number of nitriles is 1. The first-order valence-electron chi connectivity index (χ1n) is 16.6. The van der Waals surface area contributed by atoms with E-state index in [1.165, 1.54) is 23.1 Å². The van der Waals surface area contributed by atoms with Gasteiger partial charge in [0.1, 0.15) is 22.0 Å². The molecule has 3 amide bonds. The largest absolute Gasteiger partial charge is 0.361 e. The van der Waals surface area contributed by atoms with Crippen molar-refractivity contribution in [3.8, 4) is 17.2 Å². The van der Waals surface area contributed by atoms with Crippen LogP contribution >= 0.6 is 23.1 Å². The van der Waals surface area contributed by atoms with Crippen LogP contribution in [0.2, 0.25) is 0 Å². The van der Waals surface area contributed by atoms with Gasteiger partial charge in [0.05, 0.1) is 5.56 Å². The molecule has 0 radical (unpaired) electrons. The predicted octanol–water partition coefficient (Wildman–Crippen LogP) is 9.65. The van der Waals surface area contributed by atoms with Gasteiger partial charge in [-0.3, -0.25) is 14.4 Å². The van der Waals surface area contributed by atoms with Crippen LogP contribution in [0.5, 0.6) is 0 Å². The number of H-pyrrole nitrogens is 1. The number of rotatable bonds is 11. The Morgan fingerprint density at radius 3 is 2.25 bits per heavy atom. The second kappa shape index (κ2) is 16.1. The number of benzene rings is 5. The number of hydrogen-bond donors (Lipinski definition) is 4. The summed E-state index contributed by atoms with van der Waals surface area (Å²) in [7, 11) is 0. The molecule has 7 aromatic rings. The van der Waals surface area contributed by atoms with E-state index in [9.17, 15) is 19.6 Å². The normalized spacial score (nSPS) is 11.7. The Labute approximate surface area is 314 Å². The molecule has 0 saturated heterocycles. The smallest absolute Gasteiger partial charge is 0.272 e. The van der Waals surface area contributed by atoms with Gasteiger partial charge in [0.2, 0.25) is 5.91 Å². The van der Waals surface area contributed by atoms with Crippen LogP contribution in [0.4, 0.5) is 10.7 Å². The highest BCUT2D eigenvalue weighted by atomic mass is 32.2. The third kappa shape index (κ3) is 8.13. The number of hydrogen-bond acceptors (Lipinski definition) is 6. The van der Waals surface area contributed by atoms with Crippen LogP contribution in [0.3, 0.4) is 0 Å². The summed E-state index contributed by atoms with van der Waals surface area (Å²) in [4.78, 5) is 45.0. The molecule has 2 heterocycles. The summed E-state index contributed by atoms with van der Waals surface area (Å²) in [6, 6.07) is 44.9. The highest BCUT2D eigenvalue weighted by Crippen LogP contribution is 2.40. The van der Waals surface area contributed by atoms with Gasteiger partial charge in [-0.05, 0) is 53.6 Å². The third-order valence-electron chi connectivity index (χ3n) is 8.36. The average Bonchev–Trinajstić information content (AvgIpc) is 3.81. The maximum atomic E-state index is 14.0.